The number of carbonyl (C=O) groups is 2. The van der Waals surface area contributed by atoms with Crippen LogP contribution in [0.4, 0.5) is 13.2 Å². The van der Waals surface area contributed by atoms with Crippen LogP contribution in [-0.4, -0.2) is 44.7 Å². The minimum atomic E-state index is -4.68. The number of nitrogens with zero attached hydrogens (tertiary/aromatic N) is 4. The largest absolute Gasteiger partial charge is 0.462 e. The van der Waals surface area contributed by atoms with Crippen LogP contribution >= 0.6 is 0 Å². The molecule has 0 radical (unpaired) electrons. The molecule has 11 heteroatoms. The Hall–Kier alpha value is -3.50. The van der Waals surface area contributed by atoms with Crippen molar-refractivity contribution in [3.63, 3.8) is 0 Å². The van der Waals surface area contributed by atoms with Crippen molar-refractivity contribution in [1.82, 2.24) is 19.6 Å². The van der Waals surface area contributed by atoms with Gasteiger partial charge in [0.1, 0.15) is 13.2 Å². The monoisotopic (exact) mass is 436 g/mol. The van der Waals surface area contributed by atoms with Crippen LogP contribution in [0.5, 0.6) is 0 Å². The van der Waals surface area contributed by atoms with Gasteiger partial charge in [-0.15, -0.1) is 5.10 Å². The number of aromatic nitrogens is 4. The first-order chi connectivity index (χ1) is 14.7. The fourth-order valence-electron chi connectivity index (χ4n) is 2.94. The van der Waals surface area contributed by atoms with E-state index in [1.54, 1.807) is 44.2 Å². The van der Waals surface area contributed by atoms with Gasteiger partial charge in [-0.1, -0.05) is 18.2 Å². The molecule has 0 spiro atoms. The lowest BCUT2D eigenvalue weighted by Gasteiger charge is -2.10. The number of ether oxygens (including phenoxy) is 2. The number of esters is 2. The van der Waals surface area contributed by atoms with Gasteiger partial charge in [0, 0.05) is 17.8 Å². The van der Waals surface area contributed by atoms with Crippen molar-refractivity contribution in [3.8, 4) is 0 Å². The van der Waals surface area contributed by atoms with E-state index in [1.807, 2.05) is 0 Å². The van der Waals surface area contributed by atoms with E-state index in [4.69, 9.17) is 9.47 Å². The second-order valence-corrected chi connectivity index (χ2v) is 6.63. The molecule has 1 aromatic carbocycles. The molecular weight excluding hydrogens is 417 g/mol. The zero-order chi connectivity index (χ0) is 22.6. The molecule has 0 unspecified atom stereocenters. The van der Waals surface area contributed by atoms with E-state index < -0.39 is 23.9 Å². The van der Waals surface area contributed by atoms with Gasteiger partial charge in [0.05, 0.1) is 5.56 Å². The van der Waals surface area contributed by atoms with E-state index in [0.29, 0.717) is 22.5 Å². The van der Waals surface area contributed by atoms with Gasteiger partial charge in [-0.05, 0) is 38.0 Å². The normalized spacial score (nSPS) is 11.5. The predicted molar refractivity (Wildman–Crippen MR) is 101 cm³/mol. The van der Waals surface area contributed by atoms with E-state index in [1.165, 1.54) is 0 Å². The summed E-state index contributed by atoms with van der Waals surface area (Å²) in [6, 6.07) is 8.40. The molecule has 31 heavy (non-hydrogen) atoms. The van der Waals surface area contributed by atoms with Gasteiger partial charge in [0.25, 0.3) is 11.6 Å². The molecule has 0 aliphatic carbocycles. The summed E-state index contributed by atoms with van der Waals surface area (Å²) in [4.78, 5) is 31.2. The molecule has 3 rings (SSSR count). The number of aryl methyl sites for hydroxylation is 2. The fraction of sp³-hybridized carbons (Fsp3) is 0.350. The molecular formula is C20H19F3N4O4. The zero-order valence-corrected chi connectivity index (χ0v) is 16.8. The van der Waals surface area contributed by atoms with E-state index in [9.17, 15) is 22.8 Å². The number of hydrogen-bond donors (Lipinski definition) is 0. The van der Waals surface area contributed by atoms with Crippen molar-refractivity contribution in [2.24, 2.45) is 0 Å². The van der Waals surface area contributed by atoms with E-state index in [0.717, 1.165) is 4.52 Å². The number of hydrogen-bond acceptors (Lipinski definition) is 7. The first kappa shape index (κ1) is 22.2. The summed E-state index contributed by atoms with van der Waals surface area (Å²) in [5.74, 6) is -2.49. The van der Waals surface area contributed by atoms with Gasteiger partial charge >= 0.3 is 18.1 Å². The van der Waals surface area contributed by atoms with Crippen molar-refractivity contribution in [2.45, 2.75) is 32.9 Å². The highest BCUT2D eigenvalue weighted by Gasteiger charge is 2.37. The number of carbonyl (C=O) groups excluding carboxylic acids is 2. The summed E-state index contributed by atoms with van der Waals surface area (Å²) in [6.45, 7) is 3.01. The van der Waals surface area contributed by atoms with Crippen molar-refractivity contribution in [3.05, 3.63) is 58.7 Å². The smallest absolute Gasteiger partial charge is 0.453 e. The second kappa shape index (κ2) is 9.11. The van der Waals surface area contributed by atoms with E-state index >= 15 is 0 Å². The third-order valence-corrected chi connectivity index (χ3v) is 4.47. The Labute approximate surface area is 175 Å². The molecule has 0 bridgehead atoms. The van der Waals surface area contributed by atoms with Crippen LogP contribution < -0.4 is 0 Å². The van der Waals surface area contributed by atoms with Gasteiger partial charge in [-0.3, -0.25) is 4.79 Å². The van der Waals surface area contributed by atoms with E-state index in [-0.39, 0.29) is 31.8 Å². The highest BCUT2D eigenvalue weighted by atomic mass is 19.4. The molecule has 0 saturated carbocycles. The molecule has 0 aliphatic rings. The summed E-state index contributed by atoms with van der Waals surface area (Å²) >= 11 is 0. The molecule has 0 N–H and O–H groups in total. The molecule has 0 atom stereocenters. The predicted octanol–water partition coefficient (Wildman–Crippen LogP) is 3.09. The Morgan fingerprint density at radius 2 is 1.71 bits per heavy atom. The third-order valence-electron chi connectivity index (χ3n) is 4.47. The standard InChI is InChI=1S/C20H19F3N4O4/c1-12-15(13(2)27-19(24-12)25-18(26-27)20(21,22)23)8-9-16(28)30-10-11-31-17(29)14-6-4-3-5-7-14/h3-7H,8-11H2,1-2H3. The fourth-order valence-corrected chi connectivity index (χ4v) is 2.94. The van der Waals surface area contributed by atoms with Crippen LogP contribution in [0, 0.1) is 13.8 Å². The Kier molecular flexibility index (Phi) is 6.52. The first-order valence-corrected chi connectivity index (χ1v) is 9.34. The molecule has 0 saturated heterocycles. The van der Waals surface area contributed by atoms with Gasteiger partial charge in [-0.2, -0.15) is 18.2 Å². The summed E-state index contributed by atoms with van der Waals surface area (Å²) in [7, 11) is 0. The highest BCUT2D eigenvalue weighted by Crippen LogP contribution is 2.27. The Morgan fingerprint density at radius 1 is 1.03 bits per heavy atom. The summed E-state index contributed by atoms with van der Waals surface area (Å²) < 4.78 is 49.6. The molecule has 0 fully saturated rings. The van der Waals surface area contributed by atoms with Crippen molar-refractivity contribution in [2.75, 3.05) is 13.2 Å². The van der Waals surface area contributed by atoms with Crippen LogP contribution in [0.15, 0.2) is 30.3 Å². The molecule has 0 amide bonds. The lowest BCUT2D eigenvalue weighted by Crippen LogP contribution is -2.15. The quantitative estimate of drug-likeness (QED) is 0.415. The summed E-state index contributed by atoms with van der Waals surface area (Å²) in [5, 5.41) is 3.47. The molecule has 2 heterocycles. The minimum Gasteiger partial charge on any atom is -0.462 e. The first-order valence-electron chi connectivity index (χ1n) is 9.34. The average molecular weight is 436 g/mol. The van der Waals surface area contributed by atoms with Gasteiger partial charge < -0.3 is 9.47 Å². The van der Waals surface area contributed by atoms with Crippen LogP contribution in [0.3, 0.4) is 0 Å². The maximum atomic E-state index is 12.8. The molecule has 3 aromatic rings. The third kappa shape index (κ3) is 5.36. The van der Waals surface area contributed by atoms with Crippen molar-refractivity contribution in [1.29, 1.82) is 0 Å². The molecule has 2 aromatic heterocycles. The number of rotatable bonds is 7. The Balaban J connectivity index is 1.53. The van der Waals surface area contributed by atoms with Gasteiger partial charge in [0.2, 0.25) is 0 Å². The number of alkyl halides is 3. The van der Waals surface area contributed by atoms with E-state index in [2.05, 4.69) is 15.1 Å². The lowest BCUT2D eigenvalue weighted by molar-refractivity contribution is -0.145. The topological polar surface area (TPSA) is 95.7 Å². The summed E-state index contributed by atoms with van der Waals surface area (Å²) in [5.41, 5.74) is 1.84. The van der Waals surface area contributed by atoms with Crippen LogP contribution in [0.2, 0.25) is 0 Å². The van der Waals surface area contributed by atoms with Crippen LogP contribution in [-0.2, 0) is 26.9 Å². The Morgan fingerprint density at radius 3 is 2.39 bits per heavy atom. The highest BCUT2D eigenvalue weighted by molar-refractivity contribution is 5.89. The number of fused-ring (bicyclic) bond motifs is 1. The van der Waals surface area contributed by atoms with Crippen LogP contribution in [0.25, 0.3) is 5.78 Å². The maximum Gasteiger partial charge on any atom is 0.453 e. The minimum absolute atomic E-state index is 0.0255. The molecule has 164 valence electrons. The zero-order valence-electron chi connectivity index (χ0n) is 16.8. The SMILES string of the molecule is Cc1nc2nc(C(F)(F)F)nn2c(C)c1CCC(=O)OCCOC(=O)c1ccccc1. The summed E-state index contributed by atoms with van der Waals surface area (Å²) in [6.07, 6.45) is -4.51. The Bertz CT molecular complexity index is 1100. The second-order valence-electron chi connectivity index (χ2n) is 6.63. The maximum absolute atomic E-state index is 12.8. The average Bonchev–Trinajstić information content (AvgIpc) is 3.16. The van der Waals surface area contributed by atoms with Crippen molar-refractivity contribution < 1.29 is 32.2 Å². The number of halogens is 3. The lowest BCUT2D eigenvalue weighted by atomic mass is 10.1. The molecule has 8 nitrogen and oxygen atoms in total. The van der Waals surface area contributed by atoms with Crippen molar-refractivity contribution >= 4 is 17.7 Å². The van der Waals surface area contributed by atoms with Gasteiger partial charge in [0.15, 0.2) is 0 Å². The molecule has 0 aliphatic heterocycles. The number of benzene rings is 1. The van der Waals surface area contributed by atoms with Gasteiger partial charge in [-0.25, -0.2) is 14.3 Å². The van der Waals surface area contributed by atoms with Crippen LogP contribution in [0.1, 0.15) is 39.6 Å².